The number of anilines is 1. The second-order valence-corrected chi connectivity index (χ2v) is 7.46. The molecule has 1 aliphatic rings. The van der Waals surface area contributed by atoms with Crippen molar-refractivity contribution in [3.05, 3.63) is 63.9 Å². The number of carboxylic acid groups (broad SMARTS) is 1. The molecule has 3 N–H and O–H groups in total. The fraction of sp³-hybridized carbons (Fsp3) is 0.238. The molecule has 0 radical (unpaired) electrons. The van der Waals surface area contributed by atoms with Crippen LogP contribution in [-0.4, -0.2) is 50.6 Å². The predicted octanol–water partition coefficient (Wildman–Crippen LogP) is 2.34. The third kappa shape index (κ3) is 3.66. The first-order valence-corrected chi connectivity index (χ1v) is 9.46. The number of halogens is 2. The highest BCUT2D eigenvalue weighted by Crippen LogP contribution is 2.26. The molecule has 1 aliphatic heterocycles. The van der Waals surface area contributed by atoms with Crippen LogP contribution >= 0.6 is 0 Å². The van der Waals surface area contributed by atoms with Crippen molar-refractivity contribution in [3.63, 3.8) is 0 Å². The first kappa shape index (κ1) is 20.6. The Morgan fingerprint density at radius 2 is 2.03 bits per heavy atom. The molecule has 0 spiro atoms. The predicted molar refractivity (Wildman–Crippen MR) is 109 cm³/mol. The molecule has 10 heteroatoms. The molecule has 31 heavy (non-hydrogen) atoms. The highest BCUT2D eigenvalue weighted by Gasteiger charge is 2.32. The number of piperidine rings is 1. The average molecular weight is 428 g/mol. The number of hydrogen-bond acceptors (Lipinski definition) is 6. The number of hydrogen-bond donors (Lipinski definition) is 3. The van der Waals surface area contributed by atoms with Gasteiger partial charge in [-0.1, -0.05) is 0 Å². The zero-order valence-electron chi connectivity index (χ0n) is 16.2. The summed E-state index contributed by atoms with van der Waals surface area (Å²) in [5, 5.41) is 27.3. The minimum Gasteiger partial charge on any atom is -0.477 e. The fourth-order valence-corrected chi connectivity index (χ4v) is 3.76. The highest BCUT2D eigenvalue weighted by molar-refractivity contribution is 5.92. The van der Waals surface area contributed by atoms with Crippen molar-refractivity contribution in [1.29, 1.82) is 5.41 Å². The van der Waals surface area contributed by atoms with Gasteiger partial charge in [-0.25, -0.2) is 18.6 Å². The van der Waals surface area contributed by atoms with E-state index in [1.54, 1.807) is 4.90 Å². The number of carbonyl (C=O) groups is 1. The van der Waals surface area contributed by atoms with E-state index in [9.17, 15) is 28.6 Å². The van der Waals surface area contributed by atoms with E-state index >= 15 is 0 Å². The number of benzene rings is 1. The molecule has 3 aromatic rings. The maximum atomic E-state index is 14.5. The monoisotopic (exact) mass is 428 g/mol. The van der Waals surface area contributed by atoms with Gasteiger partial charge in [-0.2, -0.15) is 0 Å². The van der Waals surface area contributed by atoms with Gasteiger partial charge in [0, 0.05) is 25.0 Å². The summed E-state index contributed by atoms with van der Waals surface area (Å²) in [6, 6.07) is 5.70. The Kier molecular flexibility index (Phi) is 5.02. The van der Waals surface area contributed by atoms with Gasteiger partial charge in [-0.15, -0.1) is 0 Å². The van der Waals surface area contributed by atoms with Crippen LogP contribution in [0.1, 0.15) is 23.2 Å². The molecule has 1 fully saturated rings. The van der Waals surface area contributed by atoms with E-state index in [0.29, 0.717) is 31.3 Å². The quantitative estimate of drug-likeness (QED) is 0.549. The molecule has 2 aromatic heterocycles. The summed E-state index contributed by atoms with van der Waals surface area (Å²) in [5.41, 5.74) is -2.86. The lowest BCUT2D eigenvalue weighted by molar-refractivity contribution is 0.0695. The van der Waals surface area contributed by atoms with Crippen LogP contribution in [0.3, 0.4) is 0 Å². The molecule has 1 atom stereocenters. The lowest BCUT2D eigenvalue weighted by Crippen LogP contribution is -2.49. The van der Waals surface area contributed by atoms with E-state index in [-0.39, 0.29) is 23.3 Å². The summed E-state index contributed by atoms with van der Waals surface area (Å²) < 4.78 is 29.0. The number of nitrogens with zero attached hydrogens (tertiary/aromatic N) is 3. The Morgan fingerprint density at radius 3 is 2.71 bits per heavy atom. The normalized spacial score (nSPS) is 18.9. The zero-order chi connectivity index (χ0) is 22.3. The molecular weight excluding hydrogens is 410 g/mol. The second kappa shape index (κ2) is 7.55. The van der Waals surface area contributed by atoms with Crippen molar-refractivity contribution in [2.75, 3.05) is 18.0 Å². The summed E-state index contributed by atoms with van der Waals surface area (Å²) in [4.78, 5) is 30.4. The van der Waals surface area contributed by atoms with Crippen molar-refractivity contribution in [1.82, 2.24) is 9.55 Å². The molecule has 160 valence electrons. The number of carboxylic acids is 1. The smallest absolute Gasteiger partial charge is 0.341 e. The van der Waals surface area contributed by atoms with Gasteiger partial charge < -0.3 is 20.5 Å². The molecular formula is C21H18F2N4O4. The first-order chi connectivity index (χ1) is 14.7. The van der Waals surface area contributed by atoms with Crippen molar-refractivity contribution < 1.29 is 23.8 Å². The SMILES string of the molecule is N=CC1(O)CCCN(c2ccc3c(=O)c(C(=O)O)cn(-c4ccc(F)cc4F)c3n2)C1. The van der Waals surface area contributed by atoms with Gasteiger partial charge in [-0.05, 0) is 37.1 Å². The van der Waals surface area contributed by atoms with Crippen molar-refractivity contribution in [2.24, 2.45) is 0 Å². The molecule has 0 bridgehead atoms. The highest BCUT2D eigenvalue weighted by atomic mass is 19.1. The van der Waals surface area contributed by atoms with Crippen LogP contribution in [0.25, 0.3) is 16.7 Å². The zero-order valence-corrected chi connectivity index (χ0v) is 16.2. The van der Waals surface area contributed by atoms with Crippen LogP contribution < -0.4 is 10.3 Å². The number of aromatic nitrogens is 2. The molecule has 3 heterocycles. The van der Waals surface area contributed by atoms with Crippen molar-refractivity contribution >= 4 is 29.0 Å². The van der Waals surface area contributed by atoms with Crippen LogP contribution in [0.15, 0.2) is 41.3 Å². The number of pyridine rings is 2. The van der Waals surface area contributed by atoms with Crippen molar-refractivity contribution in [3.8, 4) is 5.69 Å². The van der Waals surface area contributed by atoms with Crippen LogP contribution in [-0.2, 0) is 0 Å². The average Bonchev–Trinajstić information content (AvgIpc) is 2.74. The maximum absolute atomic E-state index is 14.5. The third-order valence-corrected chi connectivity index (χ3v) is 5.33. The van der Waals surface area contributed by atoms with E-state index in [1.165, 1.54) is 12.1 Å². The lowest BCUT2D eigenvalue weighted by atomic mass is 9.94. The van der Waals surface area contributed by atoms with E-state index in [2.05, 4.69) is 4.98 Å². The number of rotatable bonds is 4. The topological polar surface area (TPSA) is 120 Å². The summed E-state index contributed by atoms with van der Waals surface area (Å²) in [6.07, 6.45) is 2.96. The van der Waals surface area contributed by atoms with Gasteiger partial charge in [0.2, 0.25) is 5.43 Å². The Labute approximate surface area is 174 Å². The number of nitrogens with one attached hydrogen (secondary N) is 1. The Balaban J connectivity index is 1.95. The summed E-state index contributed by atoms with van der Waals surface area (Å²) in [7, 11) is 0. The van der Waals surface area contributed by atoms with Gasteiger partial charge in [0.1, 0.15) is 28.6 Å². The minimum atomic E-state index is -1.49. The van der Waals surface area contributed by atoms with Gasteiger partial charge >= 0.3 is 5.97 Å². The number of aromatic carboxylic acids is 1. The standard InChI is InChI=1S/C21H18F2N4O4/c22-12-2-4-16(15(23)8-12)27-9-14(20(29)30)18(28)13-3-5-17(25-19(13)27)26-7-1-6-21(31,10-24)11-26/h2-5,8-10,24,31H,1,6-7,11H2,(H,29,30). The second-order valence-electron chi connectivity index (χ2n) is 7.46. The van der Waals surface area contributed by atoms with Crippen LogP contribution in [0, 0.1) is 17.0 Å². The first-order valence-electron chi connectivity index (χ1n) is 9.46. The molecule has 1 unspecified atom stereocenters. The van der Waals surface area contributed by atoms with Gasteiger partial charge in [0.15, 0.2) is 5.65 Å². The Morgan fingerprint density at radius 1 is 1.26 bits per heavy atom. The third-order valence-electron chi connectivity index (χ3n) is 5.33. The molecule has 0 amide bonds. The van der Waals surface area contributed by atoms with Crippen LogP contribution in [0.4, 0.5) is 14.6 Å². The van der Waals surface area contributed by atoms with Crippen molar-refractivity contribution in [2.45, 2.75) is 18.4 Å². The number of fused-ring (bicyclic) bond motifs is 1. The van der Waals surface area contributed by atoms with E-state index in [1.807, 2.05) is 0 Å². The van der Waals surface area contributed by atoms with E-state index < -0.39 is 34.2 Å². The molecule has 8 nitrogen and oxygen atoms in total. The summed E-state index contributed by atoms with van der Waals surface area (Å²) in [5.74, 6) is -2.88. The number of aliphatic hydroxyl groups is 1. The largest absolute Gasteiger partial charge is 0.477 e. The molecule has 0 aliphatic carbocycles. The Hall–Kier alpha value is -3.66. The van der Waals surface area contributed by atoms with Gasteiger partial charge in [-0.3, -0.25) is 9.36 Å². The van der Waals surface area contributed by atoms with Gasteiger partial charge in [0.25, 0.3) is 0 Å². The van der Waals surface area contributed by atoms with E-state index in [0.717, 1.165) is 29.1 Å². The lowest BCUT2D eigenvalue weighted by Gasteiger charge is -2.37. The summed E-state index contributed by atoms with van der Waals surface area (Å²) >= 11 is 0. The molecule has 1 aromatic carbocycles. The maximum Gasteiger partial charge on any atom is 0.341 e. The van der Waals surface area contributed by atoms with Gasteiger partial charge in [0.05, 0.1) is 17.6 Å². The molecule has 1 saturated heterocycles. The van der Waals surface area contributed by atoms with E-state index in [4.69, 9.17) is 5.41 Å². The number of β-amino-alcohol motifs (C(OH)–C–C–N with tert-alkyl or cyclic N) is 1. The molecule has 0 saturated carbocycles. The van der Waals surface area contributed by atoms with Crippen LogP contribution in [0.5, 0.6) is 0 Å². The van der Waals surface area contributed by atoms with Crippen LogP contribution in [0.2, 0.25) is 0 Å². The minimum absolute atomic E-state index is 0.0121. The molecule has 4 rings (SSSR count). The summed E-state index contributed by atoms with van der Waals surface area (Å²) in [6.45, 7) is 0.647. The Bertz CT molecular complexity index is 1280. The fourth-order valence-electron chi connectivity index (χ4n) is 3.76.